The van der Waals surface area contributed by atoms with E-state index in [1.807, 2.05) is 0 Å². The van der Waals surface area contributed by atoms with Crippen LogP contribution in [0.15, 0.2) is 0 Å². The van der Waals surface area contributed by atoms with Crippen molar-refractivity contribution in [3.8, 4) is 0 Å². The average Bonchev–Trinajstić information content (AvgIpc) is 2.05. The maximum atomic E-state index is 5.75. The number of hydrogen-bond donors (Lipinski definition) is 2. The standard InChI is InChI=1S/C11H26N2/c1-4-10(8-13)11(5-6-12)7-9(2)3/h9-11H,4-8,12-13H2,1-3H3. The normalized spacial score (nSPS) is 16.2. The molecule has 2 unspecified atom stereocenters. The summed E-state index contributed by atoms with van der Waals surface area (Å²) in [7, 11) is 0. The minimum absolute atomic E-state index is 0.672. The molecule has 0 aromatic carbocycles. The maximum absolute atomic E-state index is 5.75. The van der Waals surface area contributed by atoms with Gasteiger partial charge in [-0.25, -0.2) is 0 Å². The zero-order chi connectivity index (χ0) is 10.3. The molecular weight excluding hydrogens is 160 g/mol. The highest BCUT2D eigenvalue weighted by Crippen LogP contribution is 2.25. The lowest BCUT2D eigenvalue weighted by Crippen LogP contribution is -2.26. The Bertz CT molecular complexity index is 109. The van der Waals surface area contributed by atoms with Gasteiger partial charge < -0.3 is 11.5 Å². The van der Waals surface area contributed by atoms with Gasteiger partial charge in [0.05, 0.1) is 0 Å². The van der Waals surface area contributed by atoms with Crippen LogP contribution in [0, 0.1) is 17.8 Å². The summed E-state index contributed by atoms with van der Waals surface area (Å²) >= 11 is 0. The van der Waals surface area contributed by atoms with Crippen molar-refractivity contribution in [2.75, 3.05) is 13.1 Å². The zero-order valence-corrected chi connectivity index (χ0v) is 9.42. The van der Waals surface area contributed by atoms with Gasteiger partial charge in [-0.2, -0.15) is 0 Å². The van der Waals surface area contributed by atoms with E-state index in [1.165, 1.54) is 12.8 Å². The van der Waals surface area contributed by atoms with Gasteiger partial charge >= 0.3 is 0 Å². The van der Waals surface area contributed by atoms with Crippen LogP contribution in [0.25, 0.3) is 0 Å². The smallest absolute Gasteiger partial charge is 0.00463 e. The van der Waals surface area contributed by atoms with Crippen molar-refractivity contribution in [2.24, 2.45) is 29.2 Å². The van der Waals surface area contributed by atoms with Gasteiger partial charge in [0.25, 0.3) is 0 Å². The molecule has 2 nitrogen and oxygen atoms in total. The summed E-state index contributed by atoms with van der Waals surface area (Å²) in [6.07, 6.45) is 3.59. The second-order valence-corrected chi connectivity index (χ2v) is 4.37. The van der Waals surface area contributed by atoms with Crippen LogP contribution >= 0.6 is 0 Å². The third-order valence-electron chi connectivity index (χ3n) is 2.81. The summed E-state index contributed by atoms with van der Waals surface area (Å²) in [5.41, 5.74) is 11.4. The quantitative estimate of drug-likeness (QED) is 0.639. The van der Waals surface area contributed by atoms with Crippen molar-refractivity contribution in [3.05, 3.63) is 0 Å². The molecule has 0 fully saturated rings. The van der Waals surface area contributed by atoms with Crippen molar-refractivity contribution in [1.82, 2.24) is 0 Å². The molecule has 0 spiro atoms. The van der Waals surface area contributed by atoms with Crippen molar-refractivity contribution >= 4 is 0 Å². The largest absolute Gasteiger partial charge is 0.330 e. The Morgan fingerprint density at radius 1 is 1.08 bits per heavy atom. The SMILES string of the molecule is CCC(CN)C(CCN)CC(C)C. The second-order valence-electron chi connectivity index (χ2n) is 4.37. The van der Waals surface area contributed by atoms with Crippen molar-refractivity contribution in [1.29, 1.82) is 0 Å². The van der Waals surface area contributed by atoms with Crippen LogP contribution in [-0.4, -0.2) is 13.1 Å². The molecule has 2 atom stereocenters. The third-order valence-corrected chi connectivity index (χ3v) is 2.81. The molecule has 0 saturated heterocycles. The first-order valence-electron chi connectivity index (χ1n) is 5.55. The van der Waals surface area contributed by atoms with Crippen LogP contribution in [-0.2, 0) is 0 Å². The Hall–Kier alpha value is -0.0800. The monoisotopic (exact) mass is 186 g/mol. The van der Waals surface area contributed by atoms with Gasteiger partial charge in [0.1, 0.15) is 0 Å². The lowest BCUT2D eigenvalue weighted by Gasteiger charge is -2.26. The Labute approximate surface area is 83.1 Å². The van der Waals surface area contributed by atoms with E-state index < -0.39 is 0 Å². The van der Waals surface area contributed by atoms with Gasteiger partial charge in [-0.15, -0.1) is 0 Å². The molecule has 4 N–H and O–H groups in total. The Balaban J connectivity index is 4.03. The molecule has 0 aliphatic carbocycles. The fourth-order valence-electron chi connectivity index (χ4n) is 2.06. The molecular formula is C11H26N2. The summed E-state index contributed by atoms with van der Waals surface area (Å²) in [5.74, 6) is 2.17. The predicted octanol–water partition coefficient (Wildman–Crippen LogP) is 1.98. The molecule has 0 rings (SSSR count). The van der Waals surface area contributed by atoms with Crippen LogP contribution in [0.2, 0.25) is 0 Å². The number of nitrogens with two attached hydrogens (primary N) is 2. The van der Waals surface area contributed by atoms with Gasteiger partial charge in [0.15, 0.2) is 0 Å². The third kappa shape index (κ3) is 5.27. The summed E-state index contributed by atoms with van der Waals surface area (Å²) in [5, 5.41) is 0. The molecule has 0 bridgehead atoms. The van der Waals surface area contributed by atoms with E-state index in [0.29, 0.717) is 5.92 Å². The van der Waals surface area contributed by atoms with E-state index in [2.05, 4.69) is 20.8 Å². The van der Waals surface area contributed by atoms with E-state index in [0.717, 1.165) is 31.3 Å². The summed E-state index contributed by atoms with van der Waals surface area (Å²) in [6.45, 7) is 8.38. The average molecular weight is 186 g/mol. The lowest BCUT2D eigenvalue weighted by molar-refractivity contribution is 0.266. The van der Waals surface area contributed by atoms with Gasteiger partial charge in [-0.05, 0) is 43.7 Å². The van der Waals surface area contributed by atoms with Crippen LogP contribution in [0.3, 0.4) is 0 Å². The molecule has 80 valence electrons. The fraction of sp³-hybridized carbons (Fsp3) is 1.00. The summed E-state index contributed by atoms with van der Waals surface area (Å²) < 4.78 is 0. The Morgan fingerprint density at radius 3 is 2.00 bits per heavy atom. The van der Waals surface area contributed by atoms with Crippen molar-refractivity contribution in [2.45, 2.75) is 40.0 Å². The molecule has 0 saturated carbocycles. The topological polar surface area (TPSA) is 52.0 Å². The van der Waals surface area contributed by atoms with E-state index >= 15 is 0 Å². The molecule has 0 aliphatic rings. The highest BCUT2D eigenvalue weighted by Gasteiger charge is 2.18. The first-order valence-corrected chi connectivity index (χ1v) is 5.55. The first kappa shape index (κ1) is 12.9. The Kier molecular flexibility index (Phi) is 7.29. The molecule has 0 aromatic rings. The van der Waals surface area contributed by atoms with Gasteiger partial charge in [0.2, 0.25) is 0 Å². The van der Waals surface area contributed by atoms with Gasteiger partial charge in [-0.3, -0.25) is 0 Å². The maximum Gasteiger partial charge on any atom is -0.00463 e. The zero-order valence-electron chi connectivity index (χ0n) is 9.42. The molecule has 0 aromatic heterocycles. The van der Waals surface area contributed by atoms with Crippen LogP contribution in [0.5, 0.6) is 0 Å². The van der Waals surface area contributed by atoms with Gasteiger partial charge in [-0.1, -0.05) is 27.2 Å². The lowest BCUT2D eigenvalue weighted by atomic mass is 9.82. The summed E-state index contributed by atoms with van der Waals surface area (Å²) in [4.78, 5) is 0. The minimum Gasteiger partial charge on any atom is -0.330 e. The molecule has 0 radical (unpaired) electrons. The van der Waals surface area contributed by atoms with Crippen LogP contribution < -0.4 is 11.5 Å². The number of rotatable bonds is 7. The molecule has 13 heavy (non-hydrogen) atoms. The molecule has 0 amide bonds. The minimum atomic E-state index is 0.672. The van der Waals surface area contributed by atoms with Crippen molar-refractivity contribution < 1.29 is 0 Å². The molecule has 0 aliphatic heterocycles. The fourth-order valence-corrected chi connectivity index (χ4v) is 2.06. The Morgan fingerprint density at radius 2 is 1.69 bits per heavy atom. The molecule has 2 heteroatoms. The number of hydrogen-bond acceptors (Lipinski definition) is 2. The van der Waals surface area contributed by atoms with E-state index in [1.54, 1.807) is 0 Å². The predicted molar refractivity (Wildman–Crippen MR) is 59.5 cm³/mol. The molecule has 0 heterocycles. The van der Waals surface area contributed by atoms with Crippen LogP contribution in [0.1, 0.15) is 40.0 Å². The highest BCUT2D eigenvalue weighted by atomic mass is 14.6. The van der Waals surface area contributed by atoms with E-state index in [-0.39, 0.29) is 0 Å². The second kappa shape index (κ2) is 7.34. The van der Waals surface area contributed by atoms with Crippen LogP contribution in [0.4, 0.5) is 0 Å². The summed E-state index contributed by atoms with van der Waals surface area (Å²) in [6, 6.07) is 0. The first-order chi connectivity index (χ1) is 6.15. The van der Waals surface area contributed by atoms with E-state index in [4.69, 9.17) is 11.5 Å². The van der Waals surface area contributed by atoms with Gasteiger partial charge in [0, 0.05) is 0 Å². The highest BCUT2D eigenvalue weighted by molar-refractivity contribution is 4.71. The van der Waals surface area contributed by atoms with E-state index in [9.17, 15) is 0 Å². The van der Waals surface area contributed by atoms with Crippen molar-refractivity contribution in [3.63, 3.8) is 0 Å².